The van der Waals surface area contributed by atoms with E-state index >= 15 is 0 Å². The summed E-state index contributed by atoms with van der Waals surface area (Å²) in [6, 6.07) is 12.3. The minimum Gasteiger partial charge on any atom is -0.482 e. The lowest BCUT2D eigenvalue weighted by atomic mass is 10.1. The first kappa shape index (κ1) is 21.2. The molecule has 2 aromatic rings. The molecule has 0 N–H and O–H groups in total. The molecule has 30 heavy (non-hydrogen) atoms. The van der Waals surface area contributed by atoms with Gasteiger partial charge < -0.3 is 9.64 Å². The smallest absolute Gasteiger partial charge is 0.265 e. The monoisotopic (exact) mass is 448 g/mol. The van der Waals surface area contributed by atoms with Gasteiger partial charge in [0.15, 0.2) is 6.61 Å². The fraction of sp³-hybridized carbons (Fsp3) is 0.409. The fourth-order valence-corrected chi connectivity index (χ4v) is 6.01. The van der Waals surface area contributed by atoms with Crippen LogP contribution in [-0.2, 0) is 21.2 Å². The van der Waals surface area contributed by atoms with Crippen LogP contribution in [0.4, 0.5) is 5.69 Å². The highest BCUT2D eigenvalue weighted by molar-refractivity contribution is 7.89. The van der Waals surface area contributed by atoms with E-state index in [9.17, 15) is 13.2 Å². The van der Waals surface area contributed by atoms with Crippen LogP contribution in [0.1, 0.15) is 31.7 Å². The quantitative estimate of drug-likeness (QED) is 0.696. The third-order valence-corrected chi connectivity index (χ3v) is 7.87. The zero-order valence-electron chi connectivity index (χ0n) is 16.9. The highest BCUT2D eigenvalue weighted by Crippen LogP contribution is 2.33. The number of sulfonamides is 1. The normalized spacial score (nSPS) is 19.5. The number of benzene rings is 2. The summed E-state index contributed by atoms with van der Waals surface area (Å²) in [6.07, 6.45) is 3.60. The Kier molecular flexibility index (Phi) is 6.04. The molecule has 2 aromatic carbocycles. The number of hydrogen-bond acceptors (Lipinski definition) is 4. The highest BCUT2D eigenvalue weighted by atomic mass is 35.5. The van der Waals surface area contributed by atoms with Crippen LogP contribution >= 0.6 is 11.6 Å². The SMILES string of the molecule is CC1Cc2ccccc2N1C(=O)COc1ccc(S(=O)(=O)N2CCCCC2)cc1Cl. The fourth-order valence-electron chi connectivity index (χ4n) is 4.17. The number of anilines is 1. The van der Waals surface area contributed by atoms with Crippen molar-refractivity contribution in [1.29, 1.82) is 0 Å². The summed E-state index contributed by atoms with van der Waals surface area (Å²) < 4.78 is 32.8. The maximum Gasteiger partial charge on any atom is 0.265 e. The predicted molar refractivity (Wildman–Crippen MR) is 117 cm³/mol. The van der Waals surface area contributed by atoms with Crippen molar-refractivity contribution in [2.24, 2.45) is 0 Å². The molecule has 6 nitrogen and oxygen atoms in total. The lowest BCUT2D eigenvalue weighted by molar-refractivity contribution is -0.120. The third-order valence-electron chi connectivity index (χ3n) is 5.68. The molecule has 160 valence electrons. The number of halogens is 1. The molecule has 1 atom stereocenters. The molecule has 2 aliphatic rings. The van der Waals surface area contributed by atoms with Gasteiger partial charge in [0, 0.05) is 24.8 Å². The van der Waals surface area contributed by atoms with Gasteiger partial charge >= 0.3 is 0 Å². The molecule has 0 saturated carbocycles. The minimum atomic E-state index is -3.57. The molecule has 0 aromatic heterocycles. The maximum atomic E-state index is 12.8. The van der Waals surface area contributed by atoms with E-state index in [4.69, 9.17) is 16.3 Å². The Morgan fingerprint density at radius 1 is 1.13 bits per heavy atom. The van der Waals surface area contributed by atoms with Gasteiger partial charge in [0.25, 0.3) is 5.91 Å². The zero-order chi connectivity index (χ0) is 21.3. The maximum absolute atomic E-state index is 12.8. The predicted octanol–water partition coefficient (Wildman–Crippen LogP) is 3.87. The van der Waals surface area contributed by atoms with Gasteiger partial charge in [0.05, 0.1) is 9.92 Å². The van der Waals surface area contributed by atoms with Crippen LogP contribution < -0.4 is 9.64 Å². The van der Waals surface area contributed by atoms with Gasteiger partial charge in [-0.25, -0.2) is 8.42 Å². The van der Waals surface area contributed by atoms with Gasteiger partial charge in [-0.15, -0.1) is 0 Å². The van der Waals surface area contributed by atoms with Crippen molar-refractivity contribution in [2.45, 2.75) is 43.5 Å². The Hall–Kier alpha value is -2.09. The number of para-hydroxylation sites is 1. The molecule has 0 aliphatic carbocycles. The van der Waals surface area contributed by atoms with Crippen molar-refractivity contribution in [3.05, 3.63) is 53.1 Å². The van der Waals surface area contributed by atoms with E-state index in [1.807, 2.05) is 31.2 Å². The zero-order valence-corrected chi connectivity index (χ0v) is 18.5. The first-order chi connectivity index (χ1) is 14.4. The lowest BCUT2D eigenvalue weighted by Gasteiger charge is -2.26. The van der Waals surface area contributed by atoms with E-state index in [1.54, 1.807) is 4.90 Å². The third kappa shape index (κ3) is 4.06. The van der Waals surface area contributed by atoms with Crippen molar-refractivity contribution in [3.8, 4) is 5.75 Å². The Bertz CT molecular complexity index is 1050. The van der Waals surface area contributed by atoms with Crippen LogP contribution in [0, 0.1) is 0 Å². The van der Waals surface area contributed by atoms with Gasteiger partial charge in [-0.05, 0) is 56.0 Å². The largest absolute Gasteiger partial charge is 0.482 e. The second-order valence-corrected chi connectivity index (χ2v) is 10.1. The van der Waals surface area contributed by atoms with Crippen LogP contribution in [0.2, 0.25) is 5.02 Å². The Labute approximate surface area is 182 Å². The van der Waals surface area contributed by atoms with E-state index in [-0.39, 0.29) is 28.5 Å². The number of carbonyl (C=O) groups excluding carboxylic acids is 1. The van der Waals surface area contributed by atoms with E-state index in [0.717, 1.165) is 36.9 Å². The molecule has 1 unspecified atom stereocenters. The molecule has 2 aliphatic heterocycles. The van der Waals surface area contributed by atoms with E-state index in [2.05, 4.69) is 0 Å². The van der Waals surface area contributed by atoms with Crippen LogP contribution in [-0.4, -0.2) is 44.4 Å². The summed E-state index contributed by atoms with van der Waals surface area (Å²) in [6.45, 7) is 2.89. The number of rotatable bonds is 5. The Morgan fingerprint density at radius 2 is 1.87 bits per heavy atom. The van der Waals surface area contributed by atoms with E-state index in [0.29, 0.717) is 18.8 Å². The number of piperidine rings is 1. The summed E-state index contributed by atoms with van der Waals surface area (Å²) in [5, 5.41) is 0.177. The summed E-state index contributed by atoms with van der Waals surface area (Å²) >= 11 is 6.29. The second kappa shape index (κ2) is 8.57. The van der Waals surface area contributed by atoms with Gasteiger partial charge in [-0.3, -0.25) is 4.79 Å². The molecule has 0 spiro atoms. The number of hydrogen-bond donors (Lipinski definition) is 0. The van der Waals surface area contributed by atoms with Gasteiger partial charge in [0.1, 0.15) is 5.75 Å². The summed E-state index contributed by atoms with van der Waals surface area (Å²) in [5.41, 5.74) is 2.05. The highest BCUT2D eigenvalue weighted by Gasteiger charge is 2.31. The van der Waals surface area contributed by atoms with Crippen LogP contribution in [0.3, 0.4) is 0 Å². The van der Waals surface area contributed by atoms with Crippen LogP contribution in [0.5, 0.6) is 5.75 Å². The van der Waals surface area contributed by atoms with Gasteiger partial charge in [0.2, 0.25) is 10.0 Å². The van der Waals surface area contributed by atoms with Crippen LogP contribution in [0.25, 0.3) is 0 Å². The molecule has 0 radical (unpaired) electrons. The van der Waals surface area contributed by atoms with Crippen molar-refractivity contribution >= 4 is 33.2 Å². The second-order valence-electron chi connectivity index (χ2n) is 7.79. The van der Waals surface area contributed by atoms with Crippen molar-refractivity contribution in [1.82, 2.24) is 4.31 Å². The van der Waals surface area contributed by atoms with Gasteiger partial charge in [-0.2, -0.15) is 4.31 Å². The molecule has 2 heterocycles. The van der Waals surface area contributed by atoms with Gasteiger partial charge in [-0.1, -0.05) is 36.2 Å². The molecule has 1 saturated heterocycles. The number of nitrogens with zero attached hydrogens (tertiary/aromatic N) is 2. The number of ether oxygens (including phenoxy) is 1. The first-order valence-electron chi connectivity index (χ1n) is 10.2. The number of fused-ring (bicyclic) bond motifs is 1. The number of amides is 1. The van der Waals surface area contributed by atoms with E-state index in [1.165, 1.54) is 22.5 Å². The standard InChI is InChI=1S/C22H25ClN2O4S/c1-16-13-17-7-3-4-8-20(17)25(16)22(26)15-29-21-10-9-18(14-19(21)23)30(27,28)24-11-5-2-6-12-24/h3-4,7-10,14,16H,2,5-6,11-13,15H2,1H3. The summed E-state index contributed by atoms with van der Waals surface area (Å²) in [4.78, 5) is 14.7. The molecular formula is C22H25ClN2O4S. The summed E-state index contributed by atoms with van der Waals surface area (Å²) in [5.74, 6) is 0.135. The molecule has 0 bridgehead atoms. The molecule has 1 amide bonds. The summed E-state index contributed by atoms with van der Waals surface area (Å²) in [7, 11) is -3.57. The average Bonchev–Trinajstić information content (AvgIpc) is 3.09. The van der Waals surface area contributed by atoms with Crippen LogP contribution in [0.15, 0.2) is 47.4 Å². The lowest BCUT2D eigenvalue weighted by Crippen LogP contribution is -2.39. The van der Waals surface area contributed by atoms with Crippen molar-refractivity contribution < 1.29 is 17.9 Å². The number of carbonyl (C=O) groups is 1. The Balaban J connectivity index is 1.45. The molecular weight excluding hydrogens is 424 g/mol. The minimum absolute atomic E-state index is 0.0611. The molecule has 4 rings (SSSR count). The average molecular weight is 449 g/mol. The Morgan fingerprint density at radius 3 is 2.60 bits per heavy atom. The van der Waals surface area contributed by atoms with Crippen molar-refractivity contribution in [3.63, 3.8) is 0 Å². The molecule has 1 fully saturated rings. The first-order valence-corrected chi connectivity index (χ1v) is 12.0. The molecule has 8 heteroatoms. The van der Waals surface area contributed by atoms with Crippen molar-refractivity contribution in [2.75, 3.05) is 24.6 Å². The topological polar surface area (TPSA) is 66.9 Å². The van der Waals surface area contributed by atoms with E-state index < -0.39 is 10.0 Å².